The Bertz CT molecular complexity index is 485. The molecule has 0 amide bonds. The summed E-state index contributed by atoms with van der Waals surface area (Å²) in [5, 5.41) is 0. The molecule has 0 radical (unpaired) electrons. The number of benzene rings is 1. The van der Waals surface area contributed by atoms with Gasteiger partial charge in [-0.25, -0.2) is 4.98 Å². The van der Waals surface area contributed by atoms with E-state index in [1.165, 1.54) is 5.56 Å². The molecule has 0 aliphatic carbocycles. The predicted octanol–water partition coefficient (Wildman–Crippen LogP) is 3.50. The topological polar surface area (TPSA) is 16.1 Å². The van der Waals surface area contributed by atoms with E-state index < -0.39 is 0 Å². The van der Waals surface area contributed by atoms with E-state index in [-0.39, 0.29) is 0 Å². The summed E-state index contributed by atoms with van der Waals surface area (Å²) in [6.07, 6.45) is 2.82. The molecular weight excluding hydrogens is 244 g/mol. The number of aromatic nitrogens is 1. The summed E-state index contributed by atoms with van der Waals surface area (Å²) in [6, 6.07) is 14.4. The van der Waals surface area contributed by atoms with Gasteiger partial charge >= 0.3 is 0 Å². The van der Waals surface area contributed by atoms with Gasteiger partial charge in [-0.1, -0.05) is 36.4 Å². The summed E-state index contributed by atoms with van der Waals surface area (Å²) in [5.74, 6) is 1.47. The maximum absolute atomic E-state index is 5.93. The number of hydrogen-bond donors (Lipinski definition) is 0. The van der Waals surface area contributed by atoms with Crippen molar-refractivity contribution in [3.8, 4) is 0 Å². The first-order valence-corrected chi connectivity index (χ1v) is 6.59. The van der Waals surface area contributed by atoms with Gasteiger partial charge in [0.1, 0.15) is 5.82 Å². The molecule has 0 saturated heterocycles. The third-order valence-electron chi connectivity index (χ3n) is 2.95. The van der Waals surface area contributed by atoms with Gasteiger partial charge in [0, 0.05) is 25.4 Å². The maximum Gasteiger partial charge on any atom is 0.132 e. The summed E-state index contributed by atoms with van der Waals surface area (Å²) in [4.78, 5) is 6.56. The first kappa shape index (κ1) is 12.9. The van der Waals surface area contributed by atoms with Crippen LogP contribution in [0.4, 0.5) is 5.82 Å². The number of alkyl halides is 1. The van der Waals surface area contributed by atoms with Crippen LogP contribution in [-0.2, 0) is 12.3 Å². The molecule has 1 aromatic carbocycles. The molecule has 2 nitrogen and oxygen atoms in total. The Morgan fingerprint density at radius 3 is 2.61 bits per heavy atom. The number of likely N-dealkylation sites (N-methyl/N-ethyl adjacent to an activating group) is 1. The molecule has 0 aliphatic rings. The van der Waals surface area contributed by atoms with Crippen molar-refractivity contribution >= 4 is 17.4 Å². The second-order valence-corrected chi connectivity index (χ2v) is 4.54. The predicted molar refractivity (Wildman–Crippen MR) is 77.2 cm³/mol. The molecule has 94 valence electrons. The molecule has 0 atom stereocenters. The largest absolute Gasteiger partial charge is 0.359 e. The molecule has 3 heteroatoms. The van der Waals surface area contributed by atoms with E-state index >= 15 is 0 Å². The second kappa shape index (κ2) is 6.41. The lowest BCUT2D eigenvalue weighted by molar-refractivity contribution is 0.854. The zero-order valence-electron chi connectivity index (χ0n) is 10.5. The average Bonchev–Trinajstić information content (AvgIpc) is 2.45. The van der Waals surface area contributed by atoms with Crippen LogP contribution in [0.2, 0.25) is 0 Å². The fourth-order valence-electron chi connectivity index (χ4n) is 1.93. The van der Waals surface area contributed by atoms with Crippen LogP contribution < -0.4 is 4.90 Å². The molecule has 18 heavy (non-hydrogen) atoms. The number of rotatable bonds is 5. The van der Waals surface area contributed by atoms with Gasteiger partial charge in [0.2, 0.25) is 0 Å². The van der Waals surface area contributed by atoms with Crippen LogP contribution in [0.15, 0.2) is 48.7 Å². The van der Waals surface area contributed by atoms with Crippen molar-refractivity contribution in [2.24, 2.45) is 0 Å². The van der Waals surface area contributed by atoms with Crippen molar-refractivity contribution in [2.75, 3.05) is 18.5 Å². The molecule has 0 saturated carbocycles. The van der Waals surface area contributed by atoms with E-state index in [9.17, 15) is 0 Å². The van der Waals surface area contributed by atoms with Gasteiger partial charge in [0.15, 0.2) is 0 Å². The minimum Gasteiger partial charge on any atom is -0.359 e. The van der Waals surface area contributed by atoms with Crippen molar-refractivity contribution in [1.82, 2.24) is 4.98 Å². The first-order valence-electron chi connectivity index (χ1n) is 6.06. The van der Waals surface area contributed by atoms with Gasteiger partial charge < -0.3 is 4.90 Å². The third kappa shape index (κ3) is 3.23. The second-order valence-electron chi connectivity index (χ2n) is 4.28. The van der Waals surface area contributed by atoms with E-state index in [4.69, 9.17) is 11.6 Å². The van der Waals surface area contributed by atoms with E-state index in [0.717, 1.165) is 24.3 Å². The smallest absolute Gasteiger partial charge is 0.132 e. The lowest BCUT2D eigenvalue weighted by atomic mass is 10.1. The monoisotopic (exact) mass is 260 g/mol. The van der Waals surface area contributed by atoms with Gasteiger partial charge in [-0.2, -0.15) is 0 Å². The summed E-state index contributed by atoms with van der Waals surface area (Å²) in [7, 11) is 2.06. The fourth-order valence-corrected chi connectivity index (χ4v) is 2.13. The SMILES string of the molecule is CN(CCc1ccccc1)c1ncccc1CCl. The van der Waals surface area contributed by atoms with E-state index in [2.05, 4.69) is 41.2 Å². The molecule has 2 rings (SSSR count). The Hall–Kier alpha value is -1.54. The van der Waals surface area contributed by atoms with Gasteiger partial charge in [-0.05, 0) is 18.1 Å². The van der Waals surface area contributed by atoms with Gasteiger partial charge in [-0.3, -0.25) is 0 Å². The Balaban J connectivity index is 2.01. The molecule has 1 heterocycles. The van der Waals surface area contributed by atoms with Crippen molar-refractivity contribution in [1.29, 1.82) is 0 Å². The number of nitrogens with zero attached hydrogens (tertiary/aromatic N) is 2. The lowest BCUT2D eigenvalue weighted by Crippen LogP contribution is -2.22. The minimum atomic E-state index is 0.499. The molecule has 0 spiro atoms. The van der Waals surface area contributed by atoms with Crippen LogP contribution >= 0.6 is 11.6 Å². The summed E-state index contributed by atoms with van der Waals surface area (Å²) in [5.41, 5.74) is 2.42. The van der Waals surface area contributed by atoms with E-state index in [0.29, 0.717) is 5.88 Å². The van der Waals surface area contributed by atoms with Gasteiger partial charge in [-0.15, -0.1) is 11.6 Å². The zero-order valence-corrected chi connectivity index (χ0v) is 11.3. The summed E-state index contributed by atoms with van der Waals surface area (Å²) >= 11 is 5.93. The molecule has 1 aromatic heterocycles. The molecule has 0 aliphatic heterocycles. The molecule has 0 bridgehead atoms. The maximum atomic E-state index is 5.93. The third-order valence-corrected chi connectivity index (χ3v) is 3.24. The molecule has 0 N–H and O–H groups in total. The Kier molecular flexibility index (Phi) is 4.59. The number of pyridine rings is 1. The summed E-state index contributed by atoms with van der Waals surface area (Å²) < 4.78 is 0. The van der Waals surface area contributed by atoms with Crippen molar-refractivity contribution < 1.29 is 0 Å². The van der Waals surface area contributed by atoms with E-state index in [1.54, 1.807) is 0 Å². The van der Waals surface area contributed by atoms with Crippen LogP contribution in [0.1, 0.15) is 11.1 Å². The Morgan fingerprint density at radius 1 is 1.11 bits per heavy atom. The number of halogens is 1. The van der Waals surface area contributed by atoms with Crippen molar-refractivity contribution in [2.45, 2.75) is 12.3 Å². The van der Waals surface area contributed by atoms with Crippen molar-refractivity contribution in [3.63, 3.8) is 0 Å². The molecule has 0 unspecified atom stereocenters. The highest BCUT2D eigenvalue weighted by Gasteiger charge is 2.07. The standard InChI is InChI=1S/C15H17ClN2/c1-18(11-9-13-6-3-2-4-7-13)15-14(12-16)8-5-10-17-15/h2-8,10H,9,11-12H2,1H3. The Labute approximate surface area is 113 Å². The quantitative estimate of drug-likeness (QED) is 0.765. The van der Waals surface area contributed by atoms with Gasteiger partial charge in [0.05, 0.1) is 5.88 Å². The normalized spacial score (nSPS) is 10.3. The molecule has 2 aromatic rings. The van der Waals surface area contributed by atoms with Gasteiger partial charge in [0.25, 0.3) is 0 Å². The first-order chi connectivity index (χ1) is 8.81. The highest BCUT2D eigenvalue weighted by molar-refractivity contribution is 6.17. The fraction of sp³-hybridized carbons (Fsp3) is 0.267. The van der Waals surface area contributed by atoms with Crippen LogP contribution in [-0.4, -0.2) is 18.6 Å². The number of hydrogen-bond acceptors (Lipinski definition) is 2. The summed E-state index contributed by atoms with van der Waals surface area (Å²) in [6.45, 7) is 0.935. The molecular formula is C15H17ClN2. The van der Waals surface area contributed by atoms with Crippen LogP contribution in [0.3, 0.4) is 0 Å². The van der Waals surface area contributed by atoms with E-state index in [1.807, 2.05) is 24.4 Å². The number of anilines is 1. The van der Waals surface area contributed by atoms with Crippen LogP contribution in [0, 0.1) is 0 Å². The zero-order chi connectivity index (χ0) is 12.8. The Morgan fingerprint density at radius 2 is 1.89 bits per heavy atom. The van der Waals surface area contributed by atoms with Crippen molar-refractivity contribution in [3.05, 3.63) is 59.8 Å². The molecule has 0 fully saturated rings. The lowest BCUT2D eigenvalue weighted by Gasteiger charge is -2.20. The minimum absolute atomic E-state index is 0.499. The highest BCUT2D eigenvalue weighted by atomic mass is 35.5. The van der Waals surface area contributed by atoms with Crippen LogP contribution in [0.5, 0.6) is 0 Å². The average molecular weight is 261 g/mol. The highest BCUT2D eigenvalue weighted by Crippen LogP contribution is 2.18. The van der Waals surface area contributed by atoms with Crippen LogP contribution in [0.25, 0.3) is 0 Å².